The maximum Gasteiger partial charge on any atom is 0.427 e. The molecule has 1 aromatic carbocycles. The van der Waals surface area contributed by atoms with Crippen molar-refractivity contribution in [2.24, 2.45) is 5.41 Å². The number of nitrogens with zero attached hydrogens (tertiary/aromatic N) is 4. The van der Waals surface area contributed by atoms with E-state index in [1.165, 1.54) is 36.5 Å². The third kappa shape index (κ3) is 5.58. The van der Waals surface area contributed by atoms with Gasteiger partial charge in [0.1, 0.15) is 11.6 Å². The molecule has 3 aliphatic carbocycles. The Bertz CT molecular complexity index is 1530. The van der Waals surface area contributed by atoms with Crippen molar-refractivity contribution in [2.45, 2.75) is 88.3 Å². The van der Waals surface area contributed by atoms with Gasteiger partial charge in [0.15, 0.2) is 11.5 Å². The van der Waals surface area contributed by atoms with Crippen molar-refractivity contribution in [3.63, 3.8) is 0 Å². The van der Waals surface area contributed by atoms with Crippen LogP contribution in [0, 0.1) is 5.41 Å². The molecule has 0 spiro atoms. The second kappa shape index (κ2) is 10.4. The minimum absolute atomic E-state index is 0.0108. The van der Waals surface area contributed by atoms with Crippen LogP contribution in [-0.2, 0) is 15.8 Å². The summed E-state index contributed by atoms with van der Waals surface area (Å²) in [6.45, 7) is -1.43. The Hall–Kier alpha value is -3.84. The van der Waals surface area contributed by atoms with Gasteiger partial charge in [0.05, 0.1) is 0 Å². The molecule has 14 heteroatoms. The summed E-state index contributed by atoms with van der Waals surface area (Å²) in [5.41, 5.74) is -4.25. The van der Waals surface area contributed by atoms with Crippen LogP contribution in [0.5, 0.6) is 5.75 Å². The second-order valence-electron chi connectivity index (χ2n) is 12.6. The van der Waals surface area contributed by atoms with Crippen LogP contribution in [0.4, 0.5) is 37.0 Å². The number of carbonyl (C=O) groups is 1. The number of amides is 1. The van der Waals surface area contributed by atoms with Crippen molar-refractivity contribution in [1.82, 2.24) is 15.1 Å². The number of rotatable bonds is 9. The molecule has 2 aromatic heterocycles. The molecule has 6 rings (SSSR count). The predicted molar refractivity (Wildman–Crippen MR) is 144 cm³/mol. The van der Waals surface area contributed by atoms with E-state index in [1.54, 1.807) is 6.07 Å². The molecular formula is C30H30F6N4O4. The highest BCUT2D eigenvalue weighted by atomic mass is 19.4. The number of carbonyl (C=O) groups excluding carboxylic acids is 1. The first kappa shape index (κ1) is 30.2. The van der Waals surface area contributed by atoms with Gasteiger partial charge in [-0.1, -0.05) is 17.3 Å². The largest absolute Gasteiger partial charge is 0.435 e. The van der Waals surface area contributed by atoms with E-state index in [0.717, 1.165) is 18.7 Å². The molecular weight excluding hydrogens is 594 g/mol. The number of ether oxygens (including phenoxy) is 2. The van der Waals surface area contributed by atoms with Crippen molar-refractivity contribution in [3.05, 3.63) is 54.3 Å². The number of hydrogen-bond donors (Lipinski definition) is 0. The molecule has 3 aliphatic rings. The van der Waals surface area contributed by atoms with Gasteiger partial charge in [0.25, 0.3) is 5.89 Å². The number of anilines is 1. The summed E-state index contributed by atoms with van der Waals surface area (Å²) in [5.74, 6) is 0.408. The third-order valence-corrected chi connectivity index (χ3v) is 9.13. The lowest BCUT2D eigenvalue weighted by Gasteiger charge is -2.35. The SMILES string of the molecule is CC(C)(OC(=O)N(CC12CCC(c3noc(C4(F)CC4)n3)(CC1)C2)c1cc(-c2ccc(OC(F)F)cc2)ccn1)C(F)(F)F. The summed E-state index contributed by atoms with van der Waals surface area (Å²) in [7, 11) is 0. The molecule has 0 unspecified atom stereocenters. The van der Waals surface area contributed by atoms with Gasteiger partial charge < -0.3 is 14.0 Å². The van der Waals surface area contributed by atoms with E-state index < -0.39 is 41.0 Å². The van der Waals surface area contributed by atoms with E-state index in [-0.39, 0.29) is 24.0 Å². The van der Waals surface area contributed by atoms with Crippen molar-refractivity contribution >= 4 is 11.9 Å². The first-order valence-corrected chi connectivity index (χ1v) is 14.3. The van der Waals surface area contributed by atoms with E-state index >= 15 is 0 Å². The molecule has 0 saturated heterocycles. The average Bonchev–Trinajstić information content (AvgIpc) is 3.32. The molecule has 3 saturated carbocycles. The Morgan fingerprint density at radius 3 is 2.32 bits per heavy atom. The van der Waals surface area contributed by atoms with Gasteiger partial charge in [0, 0.05) is 18.2 Å². The summed E-state index contributed by atoms with van der Waals surface area (Å²) < 4.78 is 95.6. The normalized spacial score (nSPS) is 24.0. The number of alkyl halides is 6. The summed E-state index contributed by atoms with van der Waals surface area (Å²) >= 11 is 0. The van der Waals surface area contributed by atoms with Crippen molar-refractivity contribution < 1.29 is 45.1 Å². The van der Waals surface area contributed by atoms with Crippen LogP contribution in [0.1, 0.15) is 70.5 Å². The molecule has 0 N–H and O–H groups in total. The highest BCUT2D eigenvalue weighted by Crippen LogP contribution is 2.62. The standard InChI is InChI=1S/C30H30F6N4O4/c1-26(2,30(34,35)36)43-25(41)40(21-15-19(7-14-37-21)18-3-5-20(6-4-18)42-24(31)32)17-27-8-10-28(16-27,11-9-27)22-38-23(44-39-22)29(33)12-13-29/h3-7,14-15,24H,8-13,16-17H2,1-2H3. The van der Waals surface area contributed by atoms with Gasteiger partial charge in [-0.15, -0.1) is 0 Å². The smallest absolute Gasteiger partial charge is 0.427 e. The van der Waals surface area contributed by atoms with Crippen LogP contribution >= 0.6 is 0 Å². The molecule has 1 amide bonds. The third-order valence-electron chi connectivity index (χ3n) is 9.13. The average molecular weight is 625 g/mol. The number of hydrogen-bond acceptors (Lipinski definition) is 7. The first-order valence-electron chi connectivity index (χ1n) is 14.3. The number of fused-ring (bicyclic) bond motifs is 2. The molecule has 3 fully saturated rings. The predicted octanol–water partition coefficient (Wildman–Crippen LogP) is 7.88. The molecule has 0 radical (unpaired) electrons. The van der Waals surface area contributed by atoms with E-state index in [0.29, 0.717) is 61.9 Å². The Labute approximate surface area is 248 Å². The fourth-order valence-electron chi connectivity index (χ4n) is 6.27. The van der Waals surface area contributed by atoms with E-state index in [9.17, 15) is 31.1 Å². The van der Waals surface area contributed by atoms with Crippen LogP contribution in [0.25, 0.3) is 11.1 Å². The van der Waals surface area contributed by atoms with Gasteiger partial charge in [-0.3, -0.25) is 4.90 Å². The number of aromatic nitrogens is 3. The lowest BCUT2D eigenvalue weighted by atomic mass is 9.81. The monoisotopic (exact) mass is 624 g/mol. The van der Waals surface area contributed by atoms with Crippen LogP contribution in [0.3, 0.4) is 0 Å². The van der Waals surface area contributed by atoms with Gasteiger partial charge in [-0.05, 0) is 99.6 Å². The van der Waals surface area contributed by atoms with Crippen LogP contribution in [0.2, 0.25) is 0 Å². The zero-order chi connectivity index (χ0) is 31.5. The van der Waals surface area contributed by atoms with Gasteiger partial charge in [-0.25, -0.2) is 14.2 Å². The molecule has 2 bridgehead atoms. The van der Waals surface area contributed by atoms with Gasteiger partial charge in [-0.2, -0.15) is 26.9 Å². The summed E-state index contributed by atoms with van der Waals surface area (Å²) in [5, 5.41) is 4.10. The van der Waals surface area contributed by atoms with Crippen molar-refractivity contribution in [2.75, 3.05) is 11.4 Å². The number of pyridine rings is 1. The molecule has 0 aliphatic heterocycles. The van der Waals surface area contributed by atoms with Crippen LogP contribution < -0.4 is 9.64 Å². The number of halogens is 6. The molecule has 236 valence electrons. The van der Waals surface area contributed by atoms with E-state index in [1.807, 2.05) is 0 Å². The fourth-order valence-corrected chi connectivity index (χ4v) is 6.27. The topological polar surface area (TPSA) is 90.6 Å². The quantitative estimate of drug-likeness (QED) is 0.224. The van der Waals surface area contributed by atoms with E-state index in [4.69, 9.17) is 9.26 Å². The van der Waals surface area contributed by atoms with Crippen LogP contribution in [0.15, 0.2) is 47.1 Å². The van der Waals surface area contributed by atoms with Gasteiger partial charge in [0.2, 0.25) is 5.60 Å². The lowest BCUT2D eigenvalue weighted by molar-refractivity contribution is -0.243. The maximum atomic E-state index is 14.6. The number of benzene rings is 1. The minimum atomic E-state index is -4.83. The lowest BCUT2D eigenvalue weighted by Crippen LogP contribution is -2.49. The summed E-state index contributed by atoms with van der Waals surface area (Å²) in [6, 6.07) is 8.93. The molecule has 44 heavy (non-hydrogen) atoms. The Morgan fingerprint density at radius 1 is 1.02 bits per heavy atom. The minimum Gasteiger partial charge on any atom is -0.435 e. The van der Waals surface area contributed by atoms with Crippen molar-refractivity contribution in [3.8, 4) is 16.9 Å². The first-order chi connectivity index (χ1) is 20.6. The zero-order valence-corrected chi connectivity index (χ0v) is 24.0. The second-order valence-corrected chi connectivity index (χ2v) is 12.6. The highest BCUT2D eigenvalue weighted by molar-refractivity contribution is 5.88. The summed E-state index contributed by atoms with van der Waals surface area (Å²) in [4.78, 5) is 23.3. The molecule has 3 aromatic rings. The zero-order valence-electron chi connectivity index (χ0n) is 24.0. The molecule has 0 atom stereocenters. The Morgan fingerprint density at radius 2 is 1.70 bits per heavy atom. The Balaban J connectivity index is 1.29. The van der Waals surface area contributed by atoms with Gasteiger partial charge >= 0.3 is 18.9 Å². The van der Waals surface area contributed by atoms with Crippen molar-refractivity contribution in [1.29, 1.82) is 0 Å². The molecule has 2 heterocycles. The molecule has 8 nitrogen and oxygen atoms in total. The Kier molecular flexibility index (Phi) is 7.12. The van der Waals surface area contributed by atoms with E-state index in [2.05, 4.69) is 19.9 Å². The highest BCUT2D eigenvalue weighted by Gasteiger charge is 2.59. The summed E-state index contributed by atoms with van der Waals surface area (Å²) in [6.07, 6.45) is -0.934. The fraction of sp³-hybridized carbons (Fsp3) is 0.533. The maximum absolute atomic E-state index is 14.6. The van der Waals surface area contributed by atoms with Crippen LogP contribution in [-0.4, -0.2) is 46.2 Å².